The Morgan fingerprint density at radius 1 is 2.00 bits per heavy atom. The van der Waals surface area contributed by atoms with E-state index in [9.17, 15) is 0 Å². The molecule has 0 aromatic heterocycles. The molecule has 0 rings (SSSR count). The van der Waals surface area contributed by atoms with Crippen molar-refractivity contribution < 1.29 is 0 Å². The molecule has 0 aliphatic rings. The van der Waals surface area contributed by atoms with Gasteiger partial charge >= 0.3 is 37.6 Å². The molecular weight excluding hydrogens is 131 g/mol. The molecule has 0 bridgehead atoms. The van der Waals surface area contributed by atoms with Crippen molar-refractivity contribution in [1.82, 2.24) is 0 Å². The quantitative estimate of drug-likeness (QED) is 0.404. The molecule has 0 saturated heterocycles. The van der Waals surface area contributed by atoms with Crippen molar-refractivity contribution in [2.45, 2.75) is 12.1 Å². The van der Waals surface area contributed by atoms with Crippen LogP contribution in [0.1, 0.15) is 6.92 Å². The first-order valence-electron chi connectivity index (χ1n) is 1.22. The fraction of sp³-hybridized carbons (Fsp3) is 1.00. The van der Waals surface area contributed by atoms with Gasteiger partial charge in [-0.25, -0.2) is 0 Å². The van der Waals surface area contributed by atoms with Crippen molar-refractivity contribution >= 4 is 25.5 Å². The van der Waals surface area contributed by atoms with Gasteiger partial charge in [0.25, 0.3) is 0 Å². The van der Waals surface area contributed by atoms with E-state index in [1.165, 1.54) is 5.21 Å². The standard InChI is InChI=1S/C2H6AsS/c1-2-3-4/h4H,2H2,1H3. The third-order valence-corrected chi connectivity index (χ3v) is 2.20. The van der Waals surface area contributed by atoms with Crippen molar-refractivity contribution in [1.29, 1.82) is 0 Å². The van der Waals surface area contributed by atoms with Gasteiger partial charge in [-0.15, -0.1) is 0 Å². The molecule has 0 atom stereocenters. The molecule has 0 heterocycles. The van der Waals surface area contributed by atoms with Gasteiger partial charge in [-0.2, -0.15) is 0 Å². The van der Waals surface area contributed by atoms with Gasteiger partial charge < -0.3 is 0 Å². The first kappa shape index (κ1) is 4.91. The molecule has 2 heteroatoms. The van der Waals surface area contributed by atoms with E-state index in [1.54, 1.807) is 0 Å². The molecule has 0 aliphatic carbocycles. The van der Waals surface area contributed by atoms with Gasteiger partial charge in [0.2, 0.25) is 0 Å². The fourth-order valence-corrected chi connectivity index (χ4v) is 0. The summed E-state index contributed by atoms with van der Waals surface area (Å²) >= 11 is 0.410. The Bertz CT molecular complexity index is 8.00. The molecule has 25 valence electrons. The summed E-state index contributed by atoms with van der Waals surface area (Å²) in [5.41, 5.74) is 0. The van der Waals surface area contributed by atoms with E-state index in [2.05, 4.69) is 17.8 Å². The zero-order valence-corrected chi connectivity index (χ0v) is 5.37. The van der Waals surface area contributed by atoms with Crippen molar-refractivity contribution in [3.05, 3.63) is 0 Å². The van der Waals surface area contributed by atoms with Crippen LogP contribution in [-0.4, -0.2) is 14.6 Å². The van der Waals surface area contributed by atoms with Crippen LogP contribution in [0.15, 0.2) is 0 Å². The van der Waals surface area contributed by atoms with E-state index >= 15 is 0 Å². The van der Waals surface area contributed by atoms with Gasteiger partial charge in [0, 0.05) is 0 Å². The second-order valence-corrected chi connectivity index (χ2v) is 3.85. The molecule has 0 spiro atoms. The van der Waals surface area contributed by atoms with Gasteiger partial charge in [-0.3, -0.25) is 0 Å². The molecule has 0 amide bonds. The van der Waals surface area contributed by atoms with Crippen molar-refractivity contribution in [2.75, 3.05) is 0 Å². The second kappa shape index (κ2) is 3.91. The molecule has 0 aromatic carbocycles. The molecule has 0 nitrogen and oxygen atoms in total. The summed E-state index contributed by atoms with van der Waals surface area (Å²) in [4.78, 5) is 0. The minimum absolute atomic E-state index is 0.410. The van der Waals surface area contributed by atoms with Crippen LogP contribution in [-0.2, 0) is 0 Å². The van der Waals surface area contributed by atoms with Gasteiger partial charge in [-0.05, 0) is 0 Å². The first-order chi connectivity index (χ1) is 1.91. The summed E-state index contributed by atoms with van der Waals surface area (Å²) in [5, 5.41) is 1.28. The molecule has 1 radical (unpaired) electrons. The summed E-state index contributed by atoms with van der Waals surface area (Å²) in [6.45, 7) is 2.15. The average molecular weight is 137 g/mol. The normalized spacial score (nSPS) is 10.5. The monoisotopic (exact) mass is 137 g/mol. The van der Waals surface area contributed by atoms with E-state index in [0.29, 0.717) is 14.6 Å². The number of hydrogen-bond donors (Lipinski definition) is 1. The Balaban J connectivity index is 1.97. The predicted molar refractivity (Wildman–Crippen MR) is 25.2 cm³/mol. The predicted octanol–water partition coefficient (Wildman–Crippen LogP) is 0.974. The van der Waals surface area contributed by atoms with Crippen LogP contribution in [0, 0.1) is 0 Å². The first-order valence-corrected chi connectivity index (χ1v) is 5.47. The van der Waals surface area contributed by atoms with Crippen LogP contribution in [0.2, 0.25) is 5.21 Å². The maximum atomic E-state index is 4.01. The molecule has 0 unspecified atom stereocenters. The summed E-state index contributed by atoms with van der Waals surface area (Å²) in [6, 6.07) is 0. The van der Waals surface area contributed by atoms with Crippen LogP contribution in [0.5, 0.6) is 0 Å². The van der Waals surface area contributed by atoms with Crippen molar-refractivity contribution in [2.24, 2.45) is 0 Å². The Labute approximate surface area is 38.1 Å². The topological polar surface area (TPSA) is 0 Å². The zero-order chi connectivity index (χ0) is 3.41. The van der Waals surface area contributed by atoms with Crippen LogP contribution < -0.4 is 0 Å². The average Bonchev–Trinajstić information content (AvgIpc) is 1.37. The van der Waals surface area contributed by atoms with Gasteiger partial charge in [0.05, 0.1) is 0 Å². The van der Waals surface area contributed by atoms with Gasteiger partial charge in [0.15, 0.2) is 0 Å². The summed E-state index contributed by atoms with van der Waals surface area (Å²) in [7, 11) is 4.01. The third kappa shape index (κ3) is 2.91. The van der Waals surface area contributed by atoms with Crippen LogP contribution in [0.25, 0.3) is 0 Å². The van der Waals surface area contributed by atoms with E-state index in [0.717, 1.165) is 0 Å². The Kier molecular flexibility index (Phi) is 4.80. The Morgan fingerprint density at radius 3 is 2.25 bits per heavy atom. The molecule has 0 saturated carbocycles. The van der Waals surface area contributed by atoms with Crippen molar-refractivity contribution in [3.8, 4) is 0 Å². The van der Waals surface area contributed by atoms with E-state index in [1.807, 2.05) is 0 Å². The molecule has 0 fully saturated rings. The fourth-order valence-electron chi connectivity index (χ4n) is 0. The molecule has 0 N–H and O–H groups in total. The minimum atomic E-state index is 0.410. The van der Waals surface area contributed by atoms with E-state index < -0.39 is 0 Å². The molecule has 0 aromatic rings. The second-order valence-electron chi connectivity index (χ2n) is 0.458. The van der Waals surface area contributed by atoms with Gasteiger partial charge in [0.1, 0.15) is 0 Å². The number of rotatable bonds is 1. The molecule has 4 heavy (non-hydrogen) atoms. The van der Waals surface area contributed by atoms with Crippen LogP contribution in [0.4, 0.5) is 0 Å². The maximum absolute atomic E-state index is 4.01. The third-order valence-electron chi connectivity index (χ3n) is 0.141. The van der Waals surface area contributed by atoms with Crippen LogP contribution >= 0.6 is 10.9 Å². The summed E-state index contributed by atoms with van der Waals surface area (Å²) in [6.07, 6.45) is 0. The van der Waals surface area contributed by atoms with Crippen molar-refractivity contribution in [3.63, 3.8) is 0 Å². The molecule has 0 aliphatic heterocycles. The summed E-state index contributed by atoms with van der Waals surface area (Å²) < 4.78 is 0. The number of hydrogen-bond acceptors (Lipinski definition) is 1. The molecular formula is C2H6AsS. The Morgan fingerprint density at radius 2 is 2.25 bits per heavy atom. The van der Waals surface area contributed by atoms with Crippen LogP contribution in [0.3, 0.4) is 0 Å². The van der Waals surface area contributed by atoms with Gasteiger partial charge in [-0.1, -0.05) is 0 Å². The Hall–Kier alpha value is 0.908. The SMILES string of the molecule is CC[As]S. The van der Waals surface area contributed by atoms with E-state index in [4.69, 9.17) is 0 Å². The van der Waals surface area contributed by atoms with E-state index in [-0.39, 0.29) is 0 Å². The summed E-state index contributed by atoms with van der Waals surface area (Å²) in [5.74, 6) is 0. The zero-order valence-electron chi connectivity index (χ0n) is 2.60. The number of thiol groups is 1.